The number of hydrogen-bond donors (Lipinski definition) is 2. The first kappa shape index (κ1) is 9.44. The van der Waals surface area contributed by atoms with Gasteiger partial charge in [-0.15, -0.1) is 0 Å². The van der Waals surface area contributed by atoms with E-state index in [4.69, 9.17) is 5.73 Å². The minimum Gasteiger partial charge on any atom is -0.329 e. The van der Waals surface area contributed by atoms with Crippen molar-refractivity contribution in [2.75, 3.05) is 19.6 Å². The Morgan fingerprint density at radius 1 is 1.29 bits per heavy atom. The van der Waals surface area contributed by atoms with Gasteiger partial charge in [0.15, 0.2) is 0 Å². The number of allylic oxidation sites excluding steroid dienone is 1. The molecule has 0 amide bonds. The molecule has 2 heteroatoms. The highest BCUT2D eigenvalue weighted by molar-refractivity contribution is 5.74. The predicted molar refractivity (Wildman–Crippen MR) is 60.0 cm³/mol. The molecule has 14 heavy (non-hydrogen) atoms. The fourth-order valence-corrected chi connectivity index (χ4v) is 1.85. The molecule has 1 aliphatic rings. The summed E-state index contributed by atoms with van der Waals surface area (Å²) in [6.07, 6.45) is 3.38. The van der Waals surface area contributed by atoms with Gasteiger partial charge in [-0.2, -0.15) is 0 Å². The third kappa shape index (κ3) is 1.86. The summed E-state index contributed by atoms with van der Waals surface area (Å²) in [7, 11) is 0. The Kier molecular flexibility index (Phi) is 2.96. The van der Waals surface area contributed by atoms with E-state index in [2.05, 4.69) is 35.7 Å². The normalized spacial score (nSPS) is 13.9. The molecule has 0 heterocycles. The third-order valence-corrected chi connectivity index (χ3v) is 2.57. The Balaban J connectivity index is 2.02. The summed E-state index contributed by atoms with van der Waals surface area (Å²) in [6.45, 7) is 2.53. The molecule has 0 aromatic heterocycles. The standard InChI is InChI=1S/C12H16N2/c13-7-8-14-9-11-6-5-10-3-1-2-4-12(10)11/h1-4,6,14H,5,7-9,13H2. The first-order valence-electron chi connectivity index (χ1n) is 5.10. The van der Waals surface area contributed by atoms with Crippen molar-refractivity contribution in [3.63, 3.8) is 0 Å². The average molecular weight is 188 g/mol. The second kappa shape index (κ2) is 4.40. The van der Waals surface area contributed by atoms with Gasteiger partial charge in [0.25, 0.3) is 0 Å². The summed E-state index contributed by atoms with van der Waals surface area (Å²) >= 11 is 0. The minimum atomic E-state index is 0.703. The molecule has 0 aliphatic heterocycles. The highest BCUT2D eigenvalue weighted by Gasteiger charge is 2.11. The second-order valence-corrected chi connectivity index (χ2v) is 3.56. The Morgan fingerprint density at radius 3 is 3.00 bits per heavy atom. The molecular formula is C12H16N2. The molecule has 0 fully saturated rings. The molecule has 0 spiro atoms. The molecule has 3 N–H and O–H groups in total. The van der Waals surface area contributed by atoms with Crippen LogP contribution < -0.4 is 11.1 Å². The van der Waals surface area contributed by atoms with E-state index in [1.165, 1.54) is 16.7 Å². The molecule has 0 radical (unpaired) electrons. The lowest BCUT2D eigenvalue weighted by molar-refractivity contribution is 0.760. The maximum absolute atomic E-state index is 5.43. The number of rotatable bonds is 4. The quantitative estimate of drug-likeness (QED) is 0.696. The molecular weight excluding hydrogens is 172 g/mol. The van der Waals surface area contributed by atoms with Crippen LogP contribution in [0.15, 0.2) is 30.3 Å². The zero-order valence-electron chi connectivity index (χ0n) is 8.29. The fraction of sp³-hybridized carbons (Fsp3) is 0.333. The molecule has 0 saturated carbocycles. The molecule has 0 unspecified atom stereocenters. The van der Waals surface area contributed by atoms with Crippen molar-refractivity contribution in [3.05, 3.63) is 41.5 Å². The largest absolute Gasteiger partial charge is 0.329 e. The van der Waals surface area contributed by atoms with E-state index in [9.17, 15) is 0 Å². The zero-order valence-corrected chi connectivity index (χ0v) is 8.29. The highest BCUT2D eigenvalue weighted by Crippen LogP contribution is 2.25. The Labute approximate surface area is 84.8 Å². The van der Waals surface area contributed by atoms with E-state index >= 15 is 0 Å². The summed E-state index contributed by atoms with van der Waals surface area (Å²) < 4.78 is 0. The summed E-state index contributed by atoms with van der Waals surface area (Å²) in [5.74, 6) is 0. The lowest BCUT2D eigenvalue weighted by Gasteiger charge is -2.06. The van der Waals surface area contributed by atoms with E-state index in [0.717, 1.165) is 19.5 Å². The van der Waals surface area contributed by atoms with Crippen molar-refractivity contribution in [1.29, 1.82) is 0 Å². The molecule has 0 atom stereocenters. The van der Waals surface area contributed by atoms with Gasteiger partial charge < -0.3 is 11.1 Å². The van der Waals surface area contributed by atoms with E-state index in [0.29, 0.717) is 6.54 Å². The van der Waals surface area contributed by atoms with Crippen molar-refractivity contribution < 1.29 is 0 Å². The zero-order chi connectivity index (χ0) is 9.80. The van der Waals surface area contributed by atoms with Crippen molar-refractivity contribution in [2.24, 2.45) is 5.73 Å². The highest BCUT2D eigenvalue weighted by atomic mass is 14.9. The summed E-state index contributed by atoms with van der Waals surface area (Å²) in [5, 5.41) is 3.32. The molecule has 0 saturated heterocycles. The number of nitrogens with one attached hydrogen (secondary N) is 1. The van der Waals surface area contributed by atoms with Gasteiger partial charge in [0.2, 0.25) is 0 Å². The minimum absolute atomic E-state index is 0.703. The van der Waals surface area contributed by atoms with Gasteiger partial charge in [-0.05, 0) is 23.1 Å². The van der Waals surface area contributed by atoms with Crippen molar-refractivity contribution in [2.45, 2.75) is 6.42 Å². The van der Waals surface area contributed by atoms with E-state index in [1.54, 1.807) is 0 Å². The second-order valence-electron chi connectivity index (χ2n) is 3.56. The van der Waals surface area contributed by atoms with Crippen LogP contribution in [0.2, 0.25) is 0 Å². The maximum atomic E-state index is 5.43. The molecule has 1 aromatic carbocycles. The Morgan fingerprint density at radius 2 is 2.14 bits per heavy atom. The van der Waals surface area contributed by atoms with Gasteiger partial charge >= 0.3 is 0 Å². The van der Waals surface area contributed by atoms with Gasteiger partial charge in [-0.3, -0.25) is 0 Å². The van der Waals surface area contributed by atoms with Crippen LogP contribution in [0.5, 0.6) is 0 Å². The monoisotopic (exact) mass is 188 g/mol. The molecule has 2 nitrogen and oxygen atoms in total. The third-order valence-electron chi connectivity index (χ3n) is 2.57. The van der Waals surface area contributed by atoms with Crippen LogP contribution in [0.25, 0.3) is 5.57 Å². The maximum Gasteiger partial charge on any atom is 0.0209 e. The molecule has 0 bridgehead atoms. The predicted octanol–water partition coefficient (Wildman–Crippen LogP) is 1.17. The van der Waals surface area contributed by atoms with Gasteiger partial charge in [0, 0.05) is 19.6 Å². The summed E-state index contributed by atoms with van der Waals surface area (Å²) in [5.41, 5.74) is 9.68. The van der Waals surface area contributed by atoms with Crippen molar-refractivity contribution >= 4 is 5.57 Å². The Hall–Kier alpha value is -1.12. The van der Waals surface area contributed by atoms with Gasteiger partial charge in [-0.1, -0.05) is 30.3 Å². The SMILES string of the molecule is NCCNCC1=CCc2ccccc21. The average Bonchev–Trinajstić information content (AvgIpc) is 2.63. The van der Waals surface area contributed by atoms with Gasteiger partial charge in [0.1, 0.15) is 0 Å². The van der Waals surface area contributed by atoms with Crippen LogP contribution in [0, 0.1) is 0 Å². The van der Waals surface area contributed by atoms with Gasteiger partial charge in [0.05, 0.1) is 0 Å². The topological polar surface area (TPSA) is 38.0 Å². The smallest absolute Gasteiger partial charge is 0.0209 e. The first-order valence-corrected chi connectivity index (χ1v) is 5.10. The molecule has 2 rings (SSSR count). The molecule has 1 aliphatic carbocycles. The van der Waals surface area contributed by atoms with Crippen LogP contribution in [0.3, 0.4) is 0 Å². The number of fused-ring (bicyclic) bond motifs is 1. The lowest BCUT2D eigenvalue weighted by Crippen LogP contribution is -2.23. The number of hydrogen-bond acceptors (Lipinski definition) is 2. The van der Waals surface area contributed by atoms with Crippen molar-refractivity contribution in [1.82, 2.24) is 5.32 Å². The van der Waals surface area contributed by atoms with Crippen molar-refractivity contribution in [3.8, 4) is 0 Å². The van der Waals surface area contributed by atoms with Crippen LogP contribution in [0.4, 0.5) is 0 Å². The number of benzene rings is 1. The van der Waals surface area contributed by atoms with E-state index in [1.807, 2.05) is 0 Å². The van der Waals surface area contributed by atoms with Crippen LogP contribution in [-0.4, -0.2) is 19.6 Å². The first-order chi connectivity index (χ1) is 6.92. The van der Waals surface area contributed by atoms with E-state index in [-0.39, 0.29) is 0 Å². The number of nitrogens with two attached hydrogens (primary N) is 1. The lowest BCUT2D eigenvalue weighted by atomic mass is 10.1. The van der Waals surface area contributed by atoms with Crippen LogP contribution >= 0.6 is 0 Å². The fourth-order valence-electron chi connectivity index (χ4n) is 1.85. The molecule has 74 valence electrons. The molecule has 1 aromatic rings. The van der Waals surface area contributed by atoms with E-state index < -0.39 is 0 Å². The van der Waals surface area contributed by atoms with Crippen LogP contribution in [0.1, 0.15) is 11.1 Å². The van der Waals surface area contributed by atoms with Crippen LogP contribution in [-0.2, 0) is 6.42 Å². The summed E-state index contributed by atoms with van der Waals surface area (Å²) in [6, 6.07) is 8.59. The Bertz CT molecular complexity index is 342. The summed E-state index contributed by atoms with van der Waals surface area (Å²) in [4.78, 5) is 0. The van der Waals surface area contributed by atoms with Gasteiger partial charge in [-0.25, -0.2) is 0 Å².